The Morgan fingerprint density at radius 1 is 1.50 bits per heavy atom. The smallest absolute Gasteiger partial charge is 0.134 e. The Kier molecular flexibility index (Phi) is 2.99. The first kappa shape index (κ1) is 11.2. The quantitative estimate of drug-likeness (QED) is 0.776. The summed E-state index contributed by atoms with van der Waals surface area (Å²) in [7, 11) is 0. The van der Waals surface area contributed by atoms with Crippen molar-refractivity contribution in [3.8, 4) is 0 Å². The van der Waals surface area contributed by atoms with Crippen molar-refractivity contribution in [2.24, 2.45) is 0 Å². The highest BCUT2D eigenvalue weighted by atomic mass is 16.1. The number of ketones is 1. The molecule has 16 heavy (non-hydrogen) atoms. The van der Waals surface area contributed by atoms with Crippen LogP contribution in [-0.2, 0) is 11.2 Å². The minimum atomic E-state index is 0.246. The van der Waals surface area contributed by atoms with Crippen LogP contribution < -0.4 is 4.90 Å². The van der Waals surface area contributed by atoms with E-state index in [2.05, 4.69) is 36.9 Å². The number of hydrogen-bond acceptors (Lipinski definition) is 2. The van der Waals surface area contributed by atoms with Crippen LogP contribution in [-0.4, -0.2) is 18.9 Å². The first-order valence-electron chi connectivity index (χ1n) is 5.99. The lowest BCUT2D eigenvalue weighted by molar-refractivity contribution is -0.116. The predicted molar refractivity (Wildman–Crippen MR) is 67.1 cm³/mol. The Morgan fingerprint density at radius 2 is 2.25 bits per heavy atom. The molecule has 1 aromatic rings. The molecule has 0 fully saturated rings. The summed E-state index contributed by atoms with van der Waals surface area (Å²) in [6.07, 6.45) is 0.574. The molecule has 86 valence electrons. The number of hydrogen-bond donors (Lipinski definition) is 0. The van der Waals surface area contributed by atoms with Gasteiger partial charge < -0.3 is 4.90 Å². The third-order valence-corrected chi connectivity index (χ3v) is 3.32. The van der Waals surface area contributed by atoms with Crippen LogP contribution in [0.2, 0.25) is 0 Å². The van der Waals surface area contributed by atoms with Crippen molar-refractivity contribution < 1.29 is 4.79 Å². The number of fused-ring (bicyclic) bond motifs is 1. The molecule has 0 saturated heterocycles. The average molecular weight is 217 g/mol. The van der Waals surface area contributed by atoms with Gasteiger partial charge in [-0.25, -0.2) is 0 Å². The molecule has 0 N–H and O–H groups in total. The number of nitrogens with zero attached hydrogens (tertiary/aromatic N) is 1. The summed E-state index contributed by atoms with van der Waals surface area (Å²) in [6, 6.07) is 6.33. The van der Waals surface area contributed by atoms with Gasteiger partial charge >= 0.3 is 0 Å². The van der Waals surface area contributed by atoms with Crippen LogP contribution in [0.1, 0.15) is 37.8 Å². The number of anilines is 1. The summed E-state index contributed by atoms with van der Waals surface area (Å²) in [4.78, 5) is 13.6. The van der Waals surface area contributed by atoms with Gasteiger partial charge in [-0.15, -0.1) is 0 Å². The Balaban J connectivity index is 2.43. The molecule has 1 unspecified atom stereocenters. The van der Waals surface area contributed by atoms with E-state index < -0.39 is 0 Å². The molecule has 0 aliphatic carbocycles. The van der Waals surface area contributed by atoms with Gasteiger partial charge in [-0.3, -0.25) is 4.79 Å². The van der Waals surface area contributed by atoms with Gasteiger partial charge in [-0.05, 0) is 31.0 Å². The molecule has 1 atom stereocenters. The average Bonchev–Trinajstić information content (AvgIpc) is 2.56. The Bertz CT molecular complexity index is 411. The van der Waals surface area contributed by atoms with Crippen LogP contribution in [0, 0.1) is 0 Å². The fraction of sp³-hybridized carbons (Fsp3) is 0.500. The lowest BCUT2D eigenvalue weighted by Crippen LogP contribution is -2.20. The summed E-state index contributed by atoms with van der Waals surface area (Å²) in [5.41, 5.74) is 3.93. The number of likely N-dealkylation sites (N-methyl/N-ethyl adjacent to an activating group) is 1. The molecule has 1 heterocycles. The number of carbonyl (C=O) groups is 1. The number of benzene rings is 1. The van der Waals surface area contributed by atoms with E-state index in [-0.39, 0.29) is 5.78 Å². The second-order valence-corrected chi connectivity index (χ2v) is 4.67. The van der Waals surface area contributed by atoms with Crippen LogP contribution in [0.25, 0.3) is 0 Å². The summed E-state index contributed by atoms with van der Waals surface area (Å²) >= 11 is 0. The molecule has 0 bridgehead atoms. The van der Waals surface area contributed by atoms with E-state index in [0.717, 1.165) is 13.1 Å². The highest BCUT2D eigenvalue weighted by Gasteiger charge is 2.26. The van der Waals surface area contributed by atoms with E-state index in [4.69, 9.17) is 0 Å². The Morgan fingerprint density at radius 3 is 2.88 bits per heavy atom. The summed E-state index contributed by atoms with van der Waals surface area (Å²) in [6.45, 7) is 8.22. The van der Waals surface area contributed by atoms with Crippen molar-refractivity contribution >= 4 is 11.5 Å². The maximum atomic E-state index is 11.3. The first-order chi connectivity index (χ1) is 7.63. The van der Waals surface area contributed by atoms with Gasteiger partial charge in [0.25, 0.3) is 0 Å². The molecule has 1 aliphatic heterocycles. The van der Waals surface area contributed by atoms with Crippen LogP contribution in [0.15, 0.2) is 18.2 Å². The lowest BCUT2D eigenvalue weighted by atomic mass is 9.94. The van der Waals surface area contributed by atoms with E-state index in [1.54, 1.807) is 6.92 Å². The monoisotopic (exact) mass is 217 g/mol. The molecule has 0 amide bonds. The Hall–Kier alpha value is -1.31. The standard InChI is InChI=1S/C14H19NO/c1-4-15-9-10(2)14-12(8-11(3)16)6-5-7-13(14)15/h5-7,10H,4,8-9H2,1-3H3. The zero-order valence-electron chi connectivity index (χ0n) is 10.3. The van der Waals surface area contributed by atoms with Crippen molar-refractivity contribution in [1.82, 2.24) is 0 Å². The molecule has 1 aromatic carbocycles. The zero-order valence-corrected chi connectivity index (χ0v) is 10.3. The molecule has 2 heteroatoms. The largest absolute Gasteiger partial charge is 0.371 e. The van der Waals surface area contributed by atoms with Crippen molar-refractivity contribution in [3.63, 3.8) is 0 Å². The van der Waals surface area contributed by atoms with Crippen molar-refractivity contribution in [2.45, 2.75) is 33.1 Å². The zero-order chi connectivity index (χ0) is 11.7. The van der Waals surface area contributed by atoms with Crippen LogP contribution in [0.5, 0.6) is 0 Å². The van der Waals surface area contributed by atoms with Gasteiger partial charge in [-0.2, -0.15) is 0 Å². The maximum Gasteiger partial charge on any atom is 0.134 e. The van der Waals surface area contributed by atoms with Crippen molar-refractivity contribution in [3.05, 3.63) is 29.3 Å². The van der Waals surface area contributed by atoms with Gasteiger partial charge in [0.15, 0.2) is 0 Å². The highest BCUT2D eigenvalue weighted by Crippen LogP contribution is 2.38. The molecule has 0 spiro atoms. The summed E-state index contributed by atoms with van der Waals surface area (Å²) in [5.74, 6) is 0.793. The topological polar surface area (TPSA) is 20.3 Å². The van der Waals surface area contributed by atoms with Gasteiger partial charge in [0.2, 0.25) is 0 Å². The maximum absolute atomic E-state index is 11.3. The molecule has 1 aliphatic rings. The molecular formula is C14H19NO. The van der Waals surface area contributed by atoms with Gasteiger partial charge in [0, 0.05) is 31.1 Å². The molecule has 0 radical (unpaired) electrons. The van der Waals surface area contributed by atoms with E-state index in [9.17, 15) is 4.79 Å². The highest BCUT2D eigenvalue weighted by molar-refractivity contribution is 5.80. The second-order valence-electron chi connectivity index (χ2n) is 4.67. The van der Waals surface area contributed by atoms with Gasteiger partial charge in [0.05, 0.1) is 0 Å². The van der Waals surface area contributed by atoms with Crippen LogP contribution in [0.3, 0.4) is 0 Å². The van der Waals surface area contributed by atoms with E-state index in [0.29, 0.717) is 12.3 Å². The van der Waals surface area contributed by atoms with E-state index >= 15 is 0 Å². The lowest BCUT2D eigenvalue weighted by Gasteiger charge is -2.16. The summed E-state index contributed by atoms with van der Waals surface area (Å²) in [5, 5.41) is 0. The van der Waals surface area contributed by atoms with Gasteiger partial charge in [0.1, 0.15) is 5.78 Å². The third kappa shape index (κ3) is 1.84. The van der Waals surface area contributed by atoms with E-state index in [1.165, 1.54) is 16.8 Å². The van der Waals surface area contributed by atoms with Gasteiger partial charge in [-0.1, -0.05) is 19.1 Å². The number of Topliss-reactive ketones (excluding diaryl/α,β-unsaturated/α-hetero) is 1. The van der Waals surface area contributed by atoms with Crippen LogP contribution >= 0.6 is 0 Å². The number of rotatable bonds is 3. The first-order valence-corrected chi connectivity index (χ1v) is 5.99. The van der Waals surface area contributed by atoms with Crippen molar-refractivity contribution in [2.75, 3.05) is 18.0 Å². The van der Waals surface area contributed by atoms with E-state index in [1.807, 2.05) is 0 Å². The molecular weight excluding hydrogens is 198 g/mol. The Labute approximate surface area is 97.3 Å². The minimum Gasteiger partial charge on any atom is -0.371 e. The molecule has 2 nitrogen and oxygen atoms in total. The molecule has 2 rings (SSSR count). The fourth-order valence-corrected chi connectivity index (χ4v) is 2.69. The third-order valence-electron chi connectivity index (χ3n) is 3.32. The summed E-state index contributed by atoms with van der Waals surface area (Å²) < 4.78 is 0. The fourth-order valence-electron chi connectivity index (χ4n) is 2.69. The SMILES string of the molecule is CCN1CC(C)c2c(CC(C)=O)cccc21. The predicted octanol–water partition coefficient (Wildman–Crippen LogP) is 2.76. The van der Waals surface area contributed by atoms with Crippen LogP contribution in [0.4, 0.5) is 5.69 Å². The van der Waals surface area contributed by atoms with Crippen molar-refractivity contribution in [1.29, 1.82) is 0 Å². The number of carbonyl (C=O) groups excluding carboxylic acids is 1. The normalized spacial score (nSPS) is 18.7. The molecule has 0 saturated carbocycles. The minimum absolute atomic E-state index is 0.246. The molecule has 0 aromatic heterocycles. The second kappa shape index (κ2) is 4.28.